The van der Waals surface area contributed by atoms with Gasteiger partial charge in [-0.05, 0) is 65.6 Å². The van der Waals surface area contributed by atoms with Crippen molar-refractivity contribution in [2.75, 3.05) is 14.2 Å². The monoisotopic (exact) mass is 442 g/mol. The Bertz CT molecular complexity index is 1220. The molecule has 0 amide bonds. The first-order valence-electron chi connectivity index (χ1n) is 10.6. The number of phenolic OH excluding ortho intramolecular Hbond substituents is 2. The van der Waals surface area contributed by atoms with Crippen molar-refractivity contribution >= 4 is 0 Å². The van der Waals surface area contributed by atoms with Gasteiger partial charge < -0.3 is 24.4 Å². The Morgan fingerprint density at radius 1 is 0.636 bits per heavy atom. The zero-order chi connectivity index (χ0) is 23.4. The second kappa shape index (κ2) is 9.57. The predicted octanol–water partition coefficient (Wildman–Crippen LogP) is 6.34. The topological polar surface area (TPSA) is 68.2 Å². The minimum atomic E-state index is 0.0336. The molecule has 0 saturated heterocycles. The fraction of sp³-hybridized carbons (Fsp3) is 0.143. The van der Waals surface area contributed by atoms with Crippen molar-refractivity contribution < 1.29 is 24.4 Å². The number of methoxy groups -OCH3 is 2. The first-order chi connectivity index (χ1) is 16.0. The number of aromatic hydroxyl groups is 2. The molecule has 33 heavy (non-hydrogen) atoms. The van der Waals surface area contributed by atoms with Crippen molar-refractivity contribution in [2.24, 2.45) is 0 Å². The second-order valence-electron chi connectivity index (χ2n) is 7.76. The van der Waals surface area contributed by atoms with Gasteiger partial charge in [-0.15, -0.1) is 0 Å². The van der Waals surface area contributed by atoms with Gasteiger partial charge in [-0.2, -0.15) is 0 Å². The van der Waals surface area contributed by atoms with E-state index in [-0.39, 0.29) is 11.5 Å². The molecule has 0 radical (unpaired) electrons. The van der Waals surface area contributed by atoms with Crippen molar-refractivity contribution in [1.82, 2.24) is 0 Å². The summed E-state index contributed by atoms with van der Waals surface area (Å²) in [6, 6.07) is 24.1. The molecule has 0 aliphatic heterocycles. The highest BCUT2D eigenvalue weighted by Crippen LogP contribution is 2.44. The number of rotatable bonds is 7. The van der Waals surface area contributed by atoms with E-state index < -0.39 is 0 Å². The fourth-order valence-corrected chi connectivity index (χ4v) is 3.66. The van der Waals surface area contributed by atoms with Crippen LogP contribution in [0, 0.1) is 6.92 Å². The van der Waals surface area contributed by atoms with Crippen LogP contribution in [0.4, 0.5) is 0 Å². The molecule has 0 aromatic heterocycles. The fourth-order valence-electron chi connectivity index (χ4n) is 3.66. The molecule has 4 aromatic carbocycles. The van der Waals surface area contributed by atoms with Crippen LogP contribution in [0.5, 0.6) is 28.7 Å². The van der Waals surface area contributed by atoms with Gasteiger partial charge in [0.15, 0.2) is 11.5 Å². The molecule has 5 heteroatoms. The van der Waals surface area contributed by atoms with Crippen LogP contribution in [0.3, 0.4) is 0 Å². The molecule has 4 rings (SSSR count). The Morgan fingerprint density at radius 3 is 1.82 bits per heavy atom. The summed E-state index contributed by atoms with van der Waals surface area (Å²) in [6.07, 6.45) is 0. The van der Waals surface area contributed by atoms with E-state index in [1.807, 2.05) is 61.5 Å². The van der Waals surface area contributed by atoms with E-state index in [0.717, 1.165) is 27.8 Å². The molecule has 4 aromatic rings. The van der Waals surface area contributed by atoms with Gasteiger partial charge in [0.2, 0.25) is 0 Å². The molecule has 0 heterocycles. The normalized spacial score (nSPS) is 10.6. The first-order valence-corrected chi connectivity index (χ1v) is 10.6. The Hall–Kier alpha value is -4.12. The summed E-state index contributed by atoms with van der Waals surface area (Å²) < 4.78 is 17.2. The molecule has 0 aliphatic carbocycles. The lowest BCUT2D eigenvalue weighted by Crippen LogP contribution is -1.97. The van der Waals surface area contributed by atoms with E-state index in [1.165, 1.54) is 5.56 Å². The molecule has 0 atom stereocenters. The highest BCUT2D eigenvalue weighted by Gasteiger charge is 2.17. The molecule has 0 aliphatic rings. The molecule has 0 saturated carbocycles. The zero-order valence-corrected chi connectivity index (χ0v) is 18.8. The number of ether oxygens (including phenoxy) is 3. The van der Waals surface area contributed by atoms with Crippen molar-refractivity contribution in [3.05, 3.63) is 90.0 Å². The molecule has 0 spiro atoms. The SMILES string of the molecule is COc1cc(-c2ccc(O)cc2)cc(OC)c1-c1ccc(OCc2ccc(C)cc2)c(O)c1. The molecule has 168 valence electrons. The van der Waals surface area contributed by atoms with E-state index in [2.05, 4.69) is 0 Å². The Balaban J connectivity index is 1.65. The largest absolute Gasteiger partial charge is 0.508 e. The summed E-state index contributed by atoms with van der Waals surface area (Å²) in [6.45, 7) is 2.40. The lowest BCUT2D eigenvalue weighted by atomic mass is 9.97. The van der Waals surface area contributed by atoms with Crippen LogP contribution in [0.25, 0.3) is 22.3 Å². The standard InChI is InChI=1S/C28H26O5/c1-18-4-6-19(7-5-18)17-33-25-13-10-21(14-24(25)30)28-26(31-2)15-22(16-27(28)32-3)20-8-11-23(29)12-9-20/h4-16,29-30H,17H2,1-3H3. The molecular formula is C28H26O5. The van der Waals surface area contributed by atoms with E-state index in [4.69, 9.17) is 14.2 Å². The Labute approximate surface area is 193 Å². The maximum Gasteiger partial charge on any atom is 0.161 e. The van der Waals surface area contributed by atoms with Crippen LogP contribution < -0.4 is 14.2 Å². The Kier molecular flexibility index (Phi) is 6.41. The Morgan fingerprint density at radius 2 is 1.24 bits per heavy atom. The van der Waals surface area contributed by atoms with Gasteiger partial charge in [-0.25, -0.2) is 0 Å². The summed E-state index contributed by atoms with van der Waals surface area (Å²) in [5, 5.41) is 20.2. The van der Waals surface area contributed by atoms with E-state index in [1.54, 1.807) is 38.5 Å². The number of hydrogen-bond acceptors (Lipinski definition) is 5. The van der Waals surface area contributed by atoms with Crippen molar-refractivity contribution in [2.45, 2.75) is 13.5 Å². The van der Waals surface area contributed by atoms with Gasteiger partial charge in [0, 0.05) is 0 Å². The molecule has 5 nitrogen and oxygen atoms in total. The maximum absolute atomic E-state index is 10.6. The minimum absolute atomic E-state index is 0.0336. The van der Waals surface area contributed by atoms with E-state index >= 15 is 0 Å². The molecule has 0 unspecified atom stereocenters. The molecule has 0 fully saturated rings. The number of aryl methyl sites for hydroxylation is 1. The third kappa shape index (κ3) is 4.88. The van der Waals surface area contributed by atoms with Gasteiger partial charge >= 0.3 is 0 Å². The zero-order valence-electron chi connectivity index (χ0n) is 18.8. The van der Waals surface area contributed by atoms with Gasteiger partial charge in [0.1, 0.15) is 23.9 Å². The summed E-state index contributed by atoms with van der Waals surface area (Å²) in [5.41, 5.74) is 5.47. The average Bonchev–Trinajstić information content (AvgIpc) is 2.84. The van der Waals surface area contributed by atoms with Gasteiger partial charge in [-0.1, -0.05) is 48.0 Å². The van der Waals surface area contributed by atoms with Crippen LogP contribution in [-0.2, 0) is 6.61 Å². The lowest BCUT2D eigenvalue weighted by molar-refractivity contribution is 0.289. The number of benzene rings is 4. The van der Waals surface area contributed by atoms with Gasteiger partial charge in [0.25, 0.3) is 0 Å². The third-order valence-electron chi connectivity index (χ3n) is 5.47. The van der Waals surface area contributed by atoms with E-state index in [9.17, 15) is 10.2 Å². The molecule has 2 N–H and O–H groups in total. The average molecular weight is 443 g/mol. The van der Waals surface area contributed by atoms with Crippen LogP contribution in [-0.4, -0.2) is 24.4 Å². The summed E-state index contributed by atoms with van der Waals surface area (Å²) in [5.74, 6) is 1.84. The van der Waals surface area contributed by atoms with Crippen molar-refractivity contribution in [3.63, 3.8) is 0 Å². The maximum atomic E-state index is 10.6. The third-order valence-corrected chi connectivity index (χ3v) is 5.47. The highest BCUT2D eigenvalue weighted by atomic mass is 16.5. The number of hydrogen-bond donors (Lipinski definition) is 2. The lowest BCUT2D eigenvalue weighted by Gasteiger charge is -2.17. The summed E-state index contributed by atoms with van der Waals surface area (Å²) in [7, 11) is 3.19. The first kappa shape index (κ1) is 22.1. The summed E-state index contributed by atoms with van der Waals surface area (Å²) >= 11 is 0. The van der Waals surface area contributed by atoms with Crippen LogP contribution in [0.2, 0.25) is 0 Å². The van der Waals surface area contributed by atoms with Crippen molar-refractivity contribution in [3.8, 4) is 51.0 Å². The minimum Gasteiger partial charge on any atom is -0.508 e. The van der Waals surface area contributed by atoms with Crippen LogP contribution >= 0.6 is 0 Å². The highest BCUT2D eigenvalue weighted by molar-refractivity contribution is 5.83. The number of phenols is 2. The molecular weight excluding hydrogens is 416 g/mol. The van der Waals surface area contributed by atoms with Crippen molar-refractivity contribution in [1.29, 1.82) is 0 Å². The van der Waals surface area contributed by atoms with E-state index in [0.29, 0.717) is 23.9 Å². The van der Waals surface area contributed by atoms with Crippen LogP contribution in [0.15, 0.2) is 78.9 Å². The van der Waals surface area contributed by atoms with Gasteiger partial charge in [0.05, 0.1) is 19.8 Å². The quantitative estimate of drug-likeness (QED) is 0.350. The summed E-state index contributed by atoms with van der Waals surface area (Å²) in [4.78, 5) is 0. The second-order valence-corrected chi connectivity index (χ2v) is 7.76. The molecule has 0 bridgehead atoms. The van der Waals surface area contributed by atoms with Gasteiger partial charge in [-0.3, -0.25) is 0 Å². The smallest absolute Gasteiger partial charge is 0.161 e. The predicted molar refractivity (Wildman–Crippen MR) is 129 cm³/mol. The van der Waals surface area contributed by atoms with Crippen LogP contribution in [0.1, 0.15) is 11.1 Å².